The van der Waals surface area contributed by atoms with Gasteiger partial charge in [0.15, 0.2) is 0 Å². The summed E-state index contributed by atoms with van der Waals surface area (Å²) in [5.74, 6) is 0. The van der Waals surface area contributed by atoms with Crippen LogP contribution in [0, 0.1) is 5.41 Å². The standard InChI is InChI=1S/C14H31N.3C2H6/c1-5-7-8-9-10-11-12-15-13-14(3,4)6-2;3*1-2/h15H,5-13H2,1-4H3;3*1-2H3. The third-order valence-corrected chi connectivity index (χ3v) is 3.27. The Labute approximate surface area is 138 Å². The van der Waals surface area contributed by atoms with Gasteiger partial charge in [-0.3, -0.25) is 0 Å². The summed E-state index contributed by atoms with van der Waals surface area (Å²) in [4.78, 5) is 0. The van der Waals surface area contributed by atoms with Gasteiger partial charge in [-0.25, -0.2) is 0 Å². The second-order valence-corrected chi connectivity index (χ2v) is 5.46. The quantitative estimate of drug-likeness (QED) is 0.413. The smallest absolute Gasteiger partial charge is 0.000241 e. The minimum absolute atomic E-state index is 0.474. The molecule has 0 atom stereocenters. The van der Waals surface area contributed by atoms with E-state index in [0.717, 1.165) is 0 Å². The van der Waals surface area contributed by atoms with E-state index in [0.29, 0.717) is 5.41 Å². The SMILES string of the molecule is CC.CC.CC.CCCCCCCCNCC(C)(C)CC. The molecule has 0 saturated carbocycles. The summed E-state index contributed by atoms with van der Waals surface area (Å²) in [7, 11) is 0. The molecule has 0 aliphatic heterocycles. The largest absolute Gasteiger partial charge is 0.316 e. The van der Waals surface area contributed by atoms with Gasteiger partial charge in [0.05, 0.1) is 0 Å². The van der Waals surface area contributed by atoms with E-state index in [2.05, 4.69) is 33.0 Å². The van der Waals surface area contributed by atoms with Crippen LogP contribution in [-0.2, 0) is 0 Å². The minimum Gasteiger partial charge on any atom is -0.316 e. The molecule has 0 aromatic carbocycles. The van der Waals surface area contributed by atoms with Crippen LogP contribution in [0.4, 0.5) is 0 Å². The van der Waals surface area contributed by atoms with Crippen LogP contribution in [0.25, 0.3) is 0 Å². The lowest BCUT2D eigenvalue weighted by Gasteiger charge is -2.22. The van der Waals surface area contributed by atoms with Gasteiger partial charge in [-0.15, -0.1) is 0 Å². The van der Waals surface area contributed by atoms with Crippen molar-refractivity contribution in [1.29, 1.82) is 0 Å². The second kappa shape index (κ2) is 28.2. The van der Waals surface area contributed by atoms with Gasteiger partial charge in [0, 0.05) is 6.54 Å². The highest BCUT2D eigenvalue weighted by molar-refractivity contribution is 4.68. The molecule has 0 spiro atoms. The third kappa shape index (κ3) is 33.0. The highest BCUT2D eigenvalue weighted by Gasteiger charge is 2.13. The van der Waals surface area contributed by atoms with E-state index in [9.17, 15) is 0 Å². The van der Waals surface area contributed by atoms with Crippen molar-refractivity contribution in [3.05, 3.63) is 0 Å². The molecule has 0 aliphatic rings. The molecule has 0 unspecified atom stereocenters. The van der Waals surface area contributed by atoms with Crippen molar-refractivity contribution < 1.29 is 0 Å². The van der Waals surface area contributed by atoms with Crippen molar-refractivity contribution in [3.63, 3.8) is 0 Å². The van der Waals surface area contributed by atoms with Crippen LogP contribution >= 0.6 is 0 Å². The Morgan fingerprint density at radius 3 is 1.52 bits per heavy atom. The van der Waals surface area contributed by atoms with E-state index in [-0.39, 0.29) is 0 Å². The fraction of sp³-hybridized carbons (Fsp3) is 1.00. The summed E-state index contributed by atoms with van der Waals surface area (Å²) in [5.41, 5.74) is 0.474. The summed E-state index contributed by atoms with van der Waals surface area (Å²) in [5, 5.41) is 3.57. The van der Waals surface area contributed by atoms with Crippen molar-refractivity contribution in [1.82, 2.24) is 5.32 Å². The van der Waals surface area contributed by atoms with Gasteiger partial charge in [-0.05, 0) is 24.8 Å². The zero-order valence-electron chi connectivity index (χ0n) is 17.4. The van der Waals surface area contributed by atoms with Crippen molar-refractivity contribution in [2.75, 3.05) is 13.1 Å². The molecule has 134 valence electrons. The molecular weight excluding hydrogens is 254 g/mol. The highest BCUT2D eigenvalue weighted by atomic mass is 14.9. The fourth-order valence-electron chi connectivity index (χ4n) is 1.58. The lowest BCUT2D eigenvalue weighted by Crippen LogP contribution is -2.29. The monoisotopic (exact) mass is 303 g/mol. The van der Waals surface area contributed by atoms with Crippen molar-refractivity contribution in [2.45, 2.75) is 114 Å². The summed E-state index contributed by atoms with van der Waals surface area (Å²) in [6.45, 7) is 23.6. The van der Waals surface area contributed by atoms with Crippen LogP contribution in [0.2, 0.25) is 0 Å². The second-order valence-electron chi connectivity index (χ2n) is 5.46. The van der Waals surface area contributed by atoms with Gasteiger partial charge in [0.2, 0.25) is 0 Å². The molecule has 0 saturated heterocycles. The molecule has 0 aromatic heterocycles. The van der Waals surface area contributed by atoms with Gasteiger partial charge in [0.25, 0.3) is 0 Å². The molecule has 0 aromatic rings. The molecular formula is C20H49N. The lowest BCUT2D eigenvalue weighted by molar-refractivity contribution is 0.327. The fourth-order valence-corrected chi connectivity index (χ4v) is 1.58. The van der Waals surface area contributed by atoms with Crippen LogP contribution in [0.15, 0.2) is 0 Å². The molecule has 1 N–H and O–H groups in total. The Bertz CT molecular complexity index is 130. The van der Waals surface area contributed by atoms with E-state index in [4.69, 9.17) is 0 Å². The summed E-state index contributed by atoms with van der Waals surface area (Å²) in [6, 6.07) is 0. The van der Waals surface area contributed by atoms with Gasteiger partial charge >= 0.3 is 0 Å². The van der Waals surface area contributed by atoms with Crippen molar-refractivity contribution >= 4 is 0 Å². The van der Waals surface area contributed by atoms with Crippen LogP contribution in [0.3, 0.4) is 0 Å². The Morgan fingerprint density at radius 1 is 0.667 bits per heavy atom. The van der Waals surface area contributed by atoms with Gasteiger partial charge < -0.3 is 5.32 Å². The molecule has 0 fully saturated rings. The van der Waals surface area contributed by atoms with E-state index >= 15 is 0 Å². The van der Waals surface area contributed by atoms with Gasteiger partial charge in [-0.1, -0.05) is 101 Å². The van der Waals surface area contributed by atoms with E-state index < -0.39 is 0 Å². The number of hydrogen-bond donors (Lipinski definition) is 1. The molecule has 0 radical (unpaired) electrons. The van der Waals surface area contributed by atoms with Crippen LogP contribution in [0.5, 0.6) is 0 Å². The molecule has 0 rings (SSSR count). The molecule has 0 bridgehead atoms. The number of unbranched alkanes of at least 4 members (excludes halogenated alkanes) is 5. The van der Waals surface area contributed by atoms with Crippen LogP contribution in [0.1, 0.15) is 114 Å². The number of hydrogen-bond acceptors (Lipinski definition) is 1. The minimum atomic E-state index is 0.474. The zero-order chi connectivity index (χ0) is 17.6. The van der Waals surface area contributed by atoms with Crippen molar-refractivity contribution in [3.8, 4) is 0 Å². The highest BCUT2D eigenvalue weighted by Crippen LogP contribution is 2.17. The maximum Gasteiger partial charge on any atom is 0.000241 e. The topological polar surface area (TPSA) is 12.0 Å². The zero-order valence-corrected chi connectivity index (χ0v) is 17.4. The normalized spacial score (nSPS) is 9.43. The number of nitrogens with one attached hydrogen (secondary N) is 1. The average Bonchev–Trinajstić information content (AvgIpc) is 2.55. The first-order chi connectivity index (χ1) is 10.1. The molecule has 21 heavy (non-hydrogen) atoms. The molecule has 1 heteroatoms. The molecule has 1 nitrogen and oxygen atoms in total. The number of rotatable bonds is 10. The van der Waals surface area contributed by atoms with Crippen LogP contribution < -0.4 is 5.32 Å². The van der Waals surface area contributed by atoms with Gasteiger partial charge in [0.1, 0.15) is 0 Å². The summed E-state index contributed by atoms with van der Waals surface area (Å²) < 4.78 is 0. The molecule has 0 aliphatic carbocycles. The van der Waals surface area contributed by atoms with Crippen molar-refractivity contribution in [2.24, 2.45) is 5.41 Å². The van der Waals surface area contributed by atoms with E-state index in [1.54, 1.807) is 0 Å². The molecule has 0 amide bonds. The third-order valence-electron chi connectivity index (χ3n) is 3.27. The Hall–Kier alpha value is -0.0400. The lowest BCUT2D eigenvalue weighted by atomic mass is 9.90. The first kappa shape index (κ1) is 29.0. The Morgan fingerprint density at radius 2 is 1.10 bits per heavy atom. The summed E-state index contributed by atoms with van der Waals surface area (Å²) in [6.07, 6.45) is 9.63. The average molecular weight is 304 g/mol. The Balaban J connectivity index is -0.000000212. The van der Waals surface area contributed by atoms with E-state index in [1.165, 1.54) is 58.0 Å². The maximum absolute atomic E-state index is 3.57. The summed E-state index contributed by atoms with van der Waals surface area (Å²) >= 11 is 0. The van der Waals surface area contributed by atoms with E-state index in [1.807, 2.05) is 41.5 Å². The first-order valence-electron chi connectivity index (χ1n) is 9.83. The predicted molar refractivity (Wildman–Crippen MR) is 104 cm³/mol. The predicted octanol–water partition coefficient (Wildman–Crippen LogP) is 7.45. The van der Waals surface area contributed by atoms with Crippen LogP contribution in [-0.4, -0.2) is 13.1 Å². The first-order valence-corrected chi connectivity index (χ1v) is 9.83. The molecule has 0 heterocycles. The van der Waals surface area contributed by atoms with Gasteiger partial charge in [-0.2, -0.15) is 0 Å². The Kier molecular flexibility index (Phi) is 38.9. The maximum atomic E-state index is 3.57.